The molecule has 0 radical (unpaired) electrons. The maximum absolute atomic E-state index is 13.3. The number of aryl methyl sites for hydroxylation is 1. The lowest BCUT2D eigenvalue weighted by atomic mass is 9.86. The molecule has 3 atom stereocenters. The summed E-state index contributed by atoms with van der Waals surface area (Å²) in [5.41, 5.74) is 9.68. The summed E-state index contributed by atoms with van der Waals surface area (Å²) in [7, 11) is 2.18. The number of carbonyl (C=O) groups is 2. The Morgan fingerprint density at radius 2 is 1.94 bits per heavy atom. The van der Waals surface area contributed by atoms with Crippen LogP contribution < -0.4 is 11.1 Å². The fourth-order valence-corrected chi connectivity index (χ4v) is 5.37. The third kappa shape index (κ3) is 5.41. The van der Waals surface area contributed by atoms with Crippen molar-refractivity contribution in [1.29, 1.82) is 0 Å². The van der Waals surface area contributed by atoms with Crippen molar-refractivity contribution in [2.75, 3.05) is 37.7 Å². The maximum atomic E-state index is 13.3. The molecule has 7 heteroatoms. The van der Waals surface area contributed by atoms with Crippen molar-refractivity contribution in [3.05, 3.63) is 53.2 Å². The van der Waals surface area contributed by atoms with Gasteiger partial charge in [0.15, 0.2) is 0 Å². The van der Waals surface area contributed by atoms with Gasteiger partial charge in [-0.2, -0.15) is 0 Å². The van der Waals surface area contributed by atoms with E-state index in [1.165, 1.54) is 24.6 Å². The molecule has 2 aliphatic rings. The maximum Gasteiger partial charge on any atom is 0.313 e. The molecule has 2 amide bonds. The molecule has 2 aromatic rings. The summed E-state index contributed by atoms with van der Waals surface area (Å²) in [6, 6.07) is 10.4. The normalized spacial score (nSPS) is 23.5. The summed E-state index contributed by atoms with van der Waals surface area (Å²) in [5.74, 6) is 0.195. The highest BCUT2D eigenvalue weighted by Gasteiger charge is 2.34. The molecule has 2 saturated heterocycles. The number of nitrogen functional groups attached to an aromatic ring is 1. The molecule has 0 saturated carbocycles. The average Bonchev–Trinajstić information content (AvgIpc) is 2.84. The lowest BCUT2D eigenvalue weighted by molar-refractivity contribution is -0.146. The Balaban J connectivity index is 1.53. The summed E-state index contributed by atoms with van der Waals surface area (Å²) >= 11 is 0. The molecular weight excluding hydrogens is 426 g/mol. The van der Waals surface area contributed by atoms with Crippen LogP contribution in [0.2, 0.25) is 0 Å². The van der Waals surface area contributed by atoms with Gasteiger partial charge in [0.05, 0.1) is 17.9 Å². The molecule has 2 aliphatic heterocycles. The Bertz CT molecular complexity index is 1040. The Morgan fingerprint density at radius 1 is 1.15 bits per heavy atom. The van der Waals surface area contributed by atoms with Gasteiger partial charge in [-0.1, -0.05) is 38.1 Å². The molecule has 34 heavy (non-hydrogen) atoms. The summed E-state index contributed by atoms with van der Waals surface area (Å²) < 4.78 is 0. The van der Waals surface area contributed by atoms with Crippen LogP contribution >= 0.6 is 0 Å². The van der Waals surface area contributed by atoms with Gasteiger partial charge in [0, 0.05) is 13.1 Å². The molecule has 1 unspecified atom stereocenters. The summed E-state index contributed by atoms with van der Waals surface area (Å²) in [5, 5.41) is 2.74. The van der Waals surface area contributed by atoms with E-state index in [-0.39, 0.29) is 6.04 Å². The van der Waals surface area contributed by atoms with Crippen LogP contribution in [0.1, 0.15) is 68.2 Å². The van der Waals surface area contributed by atoms with Gasteiger partial charge in [0.2, 0.25) is 0 Å². The highest BCUT2D eigenvalue weighted by atomic mass is 16.2. The molecule has 1 aromatic heterocycles. The van der Waals surface area contributed by atoms with Crippen molar-refractivity contribution in [2.45, 2.75) is 57.9 Å². The topological polar surface area (TPSA) is 91.6 Å². The van der Waals surface area contributed by atoms with E-state index in [2.05, 4.69) is 53.4 Å². The van der Waals surface area contributed by atoms with Gasteiger partial charge >= 0.3 is 11.8 Å². The number of likely N-dealkylation sites (N-methyl/N-ethyl adjacent to an activating group) is 1. The fourth-order valence-electron chi connectivity index (χ4n) is 5.37. The van der Waals surface area contributed by atoms with E-state index in [9.17, 15) is 9.59 Å². The molecule has 0 aliphatic carbocycles. The lowest BCUT2D eigenvalue weighted by Crippen LogP contribution is -2.46. The summed E-state index contributed by atoms with van der Waals surface area (Å²) in [6.07, 6.45) is 6.49. The first-order chi connectivity index (χ1) is 16.4. The number of anilines is 2. The standard InChI is InChI=1S/C27H37N5O2/c1-4-19-14-23(15-29-25(19)28)30-26(33)27(34)32-16-18(2)10-11-24(32)21-8-5-7-20(13-21)22-9-6-12-31(3)17-22/h5,7-8,13-15,18,22,24H,4,6,9-12,16-17H2,1-3H3,(H2,28,29)(H,30,33)/t18-,22-,24?/m0/s1. The van der Waals surface area contributed by atoms with E-state index in [0.717, 1.165) is 37.1 Å². The van der Waals surface area contributed by atoms with Crippen LogP contribution in [0.3, 0.4) is 0 Å². The van der Waals surface area contributed by atoms with Crippen LogP contribution in [0.15, 0.2) is 36.5 Å². The number of aromatic nitrogens is 1. The monoisotopic (exact) mass is 463 g/mol. The Kier molecular flexibility index (Phi) is 7.51. The first kappa shape index (κ1) is 24.2. The number of likely N-dealkylation sites (tertiary alicyclic amines) is 2. The van der Waals surface area contributed by atoms with Crippen molar-refractivity contribution in [2.24, 2.45) is 5.92 Å². The number of nitrogens with two attached hydrogens (primary N) is 1. The second kappa shape index (κ2) is 10.6. The number of nitrogens with one attached hydrogen (secondary N) is 1. The van der Waals surface area contributed by atoms with E-state index in [1.54, 1.807) is 11.0 Å². The van der Waals surface area contributed by atoms with Gasteiger partial charge in [-0.25, -0.2) is 4.98 Å². The number of hydrogen-bond acceptors (Lipinski definition) is 5. The molecule has 1 aromatic carbocycles. The third-order valence-corrected chi connectivity index (χ3v) is 7.30. The fraction of sp³-hybridized carbons (Fsp3) is 0.519. The molecule has 0 bridgehead atoms. The number of rotatable bonds is 4. The highest BCUT2D eigenvalue weighted by molar-refractivity contribution is 6.39. The van der Waals surface area contributed by atoms with Crippen molar-refractivity contribution in [1.82, 2.24) is 14.8 Å². The zero-order chi connectivity index (χ0) is 24.2. The number of pyridine rings is 1. The Labute approximate surface area is 202 Å². The first-order valence-corrected chi connectivity index (χ1v) is 12.5. The highest BCUT2D eigenvalue weighted by Crippen LogP contribution is 2.36. The molecule has 182 valence electrons. The summed E-state index contributed by atoms with van der Waals surface area (Å²) in [4.78, 5) is 34.6. The van der Waals surface area contributed by atoms with Gasteiger partial charge in [-0.15, -0.1) is 0 Å². The van der Waals surface area contributed by atoms with Crippen LogP contribution in [0.4, 0.5) is 11.5 Å². The number of nitrogens with zero attached hydrogens (tertiary/aromatic N) is 3. The minimum atomic E-state index is -0.627. The van der Waals surface area contributed by atoms with Gasteiger partial charge in [-0.05, 0) is 80.3 Å². The van der Waals surface area contributed by atoms with Crippen molar-refractivity contribution < 1.29 is 9.59 Å². The van der Waals surface area contributed by atoms with Crippen LogP contribution in [0.5, 0.6) is 0 Å². The first-order valence-electron chi connectivity index (χ1n) is 12.5. The van der Waals surface area contributed by atoms with E-state index < -0.39 is 11.8 Å². The molecule has 3 heterocycles. The number of benzene rings is 1. The number of amides is 2. The van der Waals surface area contributed by atoms with Gasteiger partial charge in [0.25, 0.3) is 0 Å². The van der Waals surface area contributed by atoms with E-state index in [1.807, 2.05) is 6.92 Å². The zero-order valence-corrected chi connectivity index (χ0v) is 20.6. The predicted octanol–water partition coefficient (Wildman–Crippen LogP) is 3.97. The molecular formula is C27H37N5O2. The van der Waals surface area contributed by atoms with Gasteiger partial charge < -0.3 is 20.9 Å². The number of hydrogen-bond donors (Lipinski definition) is 2. The van der Waals surface area contributed by atoms with Crippen molar-refractivity contribution in [3.8, 4) is 0 Å². The zero-order valence-electron chi connectivity index (χ0n) is 20.6. The summed E-state index contributed by atoms with van der Waals surface area (Å²) in [6.45, 7) is 6.90. The van der Waals surface area contributed by atoms with Gasteiger partial charge in [0.1, 0.15) is 5.82 Å². The van der Waals surface area contributed by atoms with Crippen molar-refractivity contribution >= 4 is 23.3 Å². The van der Waals surface area contributed by atoms with Crippen LogP contribution in [0.25, 0.3) is 0 Å². The quantitative estimate of drug-likeness (QED) is 0.670. The molecule has 7 nitrogen and oxygen atoms in total. The molecule has 4 rings (SSSR count). The van der Waals surface area contributed by atoms with Crippen molar-refractivity contribution in [3.63, 3.8) is 0 Å². The molecule has 0 spiro atoms. The van der Waals surface area contributed by atoms with E-state index in [4.69, 9.17) is 5.73 Å². The smallest absolute Gasteiger partial charge is 0.313 e. The Hall–Kier alpha value is -2.93. The second-order valence-corrected chi connectivity index (χ2v) is 10.0. The average molecular weight is 464 g/mol. The van der Waals surface area contributed by atoms with Gasteiger partial charge in [-0.3, -0.25) is 9.59 Å². The largest absolute Gasteiger partial charge is 0.383 e. The SMILES string of the molecule is CCc1cc(NC(=O)C(=O)N2C[C@@H](C)CCC2c2cccc([C@H]3CCCN(C)C3)c2)cnc1N. The third-order valence-electron chi connectivity index (χ3n) is 7.30. The lowest BCUT2D eigenvalue weighted by Gasteiger charge is -2.39. The minimum absolute atomic E-state index is 0.0912. The van der Waals surface area contributed by atoms with Crippen LogP contribution in [-0.2, 0) is 16.0 Å². The second-order valence-electron chi connectivity index (χ2n) is 10.0. The van der Waals surface area contributed by atoms with E-state index >= 15 is 0 Å². The predicted molar refractivity (Wildman–Crippen MR) is 135 cm³/mol. The Morgan fingerprint density at radius 3 is 2.71 bits per heavy atom. The number of piperidine rings is 2. The van der Waals surface area contributed by atoms with Crippen LogP contribution in [0, 0.1) is 5.92 Å². The van der Waals surface area contributed by atoms with Crippen LogP contribution in [-0.4, -0.2) is 53.3 Å². The number of carbonyl (C=O) groups excluding carboxylic acids is 2. The molecule has 3 N–H and O–H groups in total. The minimum Gasteiger partial charge on any atom is -0.383 e. The van der Waals surface area contributed by atoms with E-state index in [0.29, 0.717) is 36.3 Å². The molecule has 2 fully saturated rings.